The summed E-state index contributed by atoms with van der Waals surface area (Å²) in [5.74, 6) is 0. The number of ether oxygens (including phenoxy) is 2. The van der Waals surface area contributed by atoms with E-state index in [0.717, 1.165) is 58.9 Å². The van der Waals surface area contributed by atoms with Crippen LogP contribution in [-0.4, -0.2) is 48.2 Å². The highest BCUT2D eigenvalue weighted by molar-refractivity contribution is 6.67. The molecule has 1 aliphatic heterocycles. The Balaban J connectivity index is 2.82. The highest BCUT2D eigenvalue weighted by Gasteiger charge is 2.55. The van der Waals surface area contributed by atoms with Crippen molar-refractivity contribution in [3.63, 3.8) is 0 Å². The lowest BCUT2D eigenvalue weighted by molar-refractivity contribution is -0.128. The van der Waals surface area contributed by atoms with E-state index >= 15 is 0 Å². The molecule has 1 fully saturated rings. The van der Waals surface area contributed by atoms with Crippen LogP contribution in [0.25, 0.3) is 0 Å². The lowest BCUT2D eigenvalue weighted by Gasteiger charge is -2.51. The first kappa shape index (κ1) is 19.1. The average molecular weight is 319 g/mol. The van der Waals surface area contributed by atoms with E-state index in [4.69, 9.17) is 18.3 Å². The van der Waals surface area contributed by atoms with Crippen molar-refractivity contribution in [3.8, 4) is 0 Å². The molecule has 0 aromatic carbocycles. The monoisotopic (exact) mass is 318 g/mol. The normalized spacial score (nSPS) is 19.3. The highest BCUT2D eigenvalue weighted by atomic mass is 28.4. The fourth-order valence-electron chi connectivity index (χ4n) is 3.40. The Labute approximate surface area is 131 Å². The maximum atomic E-state index is 6.18. The topological polar surface area (TPSA) is 36.9 Å². The summed E-state index contributed by atoms with van der Waals surface area (Å²) < 4.78 is 23.7. The molecule has 4 nitrogen and oxygen atoms in total. The third-order valence-electron chi connectivity index (χ3n) is 4.62. The van der Waals surface area contributed by atoms with Crippen LogP contribution in [0.5, 0.6) is 0 Å². The first-order valence-electron chi connectivity index (χ1n) is 8.51. The van der Waals surface area contributed by atoms with Crippen LogP contribution in [0.15, 0.2) is 0 Å². The molecule has 0 aromatic heterocycles. The zero-order valence-corrected chi connectivity index (χ0v) is 15.6. The first-order chi connectivity index (χ1) is 10.1. The second-order valence-corrected chi connectivity index (χ2v) is 9.35. The minimum Gasteiger partial charge on any atom is -0.394 e. The predicted molar refractivity (Wildman–Crippen MR) is 87.9 cm³/mol. The molecule has 0 aromatic rings. The summed E-state index contributed by atoms with van der Waals surface area (Å²) in [6, 6.07) is 0. The smallest absolute Gasteiger partial charge is 0.338 e. The molecular formula is C16H34O4Si. The molecule has 1 saturated heterocycles. The molecule has 0 radical (unpaired) electrons. The third kappa shape index (κ3) is 4.76. The molecule has 0 N–H and O–H groups in total. The summed E-state index contributed by atoms with van der Waals surface area (Å²) >= 11 is 0. The standard InChI is InChI=1S/C16H34O4Si/c1-6-11-17-12-10-15(16(7-2)13-18-14-16)21(5,19-8-3)20-9-4/h15H,6-14H2,1-5H3. The van der Waals surface area contributed by atoms with Crippen molar-refractivity contribution < 1.29 is 18.3 Å². The second kappa shape index (κ2) is 9.25. The SMILES string of the molecule is CCCOCCC(C1(CC)COC1)[Si](C)(OCC)OCC. The minimum atomic E-state index is -2.23. The van der Waals surface area contributed by atoms with E-state index in [1.807, 2.05) is 0 Å². The molecule has 0 spiro atoms. The van der Waals surface area contributed by atoms with Crippen molar-refractivity contribution in [2.45, 2.75) is 59.0 Å². The van der Waals surface area contributed by atoms with Gasteiger partial charge < -0.3 is 18.3 Å². The summed E-state index contributed by atoms with van der Waals surface area (Å²) in [4.78, 5) is 0. The van der Waals surface area contributed by atoms with E-state index in [2.05, 4.69) is 34.2 Å². The van der Waals surface area contributed by atoms with Gasteiger partial charge in [-0.2, -0.15) is 0 Å². The minimum absolute atomic E-state index is 0.223. The largest absolute Gasteiger partial charge is 0.394 e. The molecule has 0 aliphatic carbocycles. The molecule has 0 saturated carbocycles. The van der Waals surface area contributed by atoms with Gasteiger partial charge in [0.05, 0.1) is 13.2 Å². The number of hydrogen-bond donors (Lipinski definition) is 0. The predicted octanol–water partition coefficient (Wildman–Crippen LogP) is 3.74. The van der Waals surface area contributed by atoms with Crippen molar-refractivity contribution in [2.75, 3.05) is 39.6 Å². The third-order valence-corrected chi connectivity index (χ3v) is 8.51. The Hall–Kier alpha value is 0.0569. The Bertz CT molecular complexity index is 270. The molecule has 1 unspecified atom stereocenters. The van der Waals surface area contributed by atoms with Crippen molar-refractivity contribution in [2.24, 2.45) is 5.41 Å². The Morgan fingerprint density at radius 2 is 1.67 bits per heavy atom. The van der Waals surface area contributed by atoms with Gasteiger partial charge in [-0.3, -0.25) is 0 Å². The number of rotatable bonds is 12. The van der Waals surface area contributed by atoms with Crippen LogP contribution >= 0.6 is 0 Å². The van der Waals surface area contributed by atoms with Gasteiger partial charge in [-0.15, -0.1) is 0 Å². The second-order valence-electron chi connectivity index (χ2n) is 6.04. The van der Waals surface area contributed by atoms with Gasteiger partial charge in [-0.1, -0.05) is 13.8 Å². The molecular weight excluding hydrogens is 284 g/mol. The lowest BCUT2D eigenvalue weighted by atomic mass is 9.78. The van der Waals surface area contributed by atoms with Gasteiger partial charge >= 0.3 is 8.56 Å². The first-order valence-corrected chi connectivity index (χ1v) is 10.9. The van der Waals surface area contributed by atoms with Crippen LogP contribution in [0.2, 0.25) is 12.1 Å². The molecule has 1 rings (SSSR count). The van der Waals surface area contributed by atoms with E-state index < -0.39 is 8.56 Å². The summed E-state index contributed by atoms with van der Waals surface area (Å²) in [6.45, 7) is 15.5. The Morgan fingerprint density at radius 3 is 2.05 bits per heavy atom. The number of hydrogen-bond acceptors (Lipinski definition) is 4. The average Bonchev–Trinajstić information content (AvgIpc) is 2.41. The van der Waals surface area contributed by atoms with Crippen LogP contribution in [-0.2, 0) is 18.3 Å². The van der Waals surface area contributed by atoms with Crippen molar-refractivity contribution in [3.05, 3.63) is 0 Å². The van der Waals surface area contributed by atoms with Crippen LogP contribution in [0.4, 0.5) is 0 Å². The Morgan fingerprint density at radius 1 is 1.05 bits per heavy atom. The maximum absolute atomic E-state index is 6.18. The van der Waals surface area contributed by atoms with Crippen molar-refractivity contribution in [1.82, 2.24) is 0 Å². The van der Waals surface area contributed by atoms with Gasteiger partial charge in [-0.05, 0) is 39.7 Å². The van der Waals surface area contributed by atoms with E-state index in [-0.39, 0.29) is 5.41 Å². The molecule has 21 heavy (non-hydrogen) atoms. The highest BCUT2D eigenvalue weighted by Crippen LogP contribution is 2.50. The Kier molecular flexibility index (Phi) is 8.42. The zero-order chi connectivity index (χ0) is 15.8. The molecule has 126 valence electrons. The summed E-state index contributed by atoms with van der Waals surface area (Å²) in [5.41, 5.74) is 0.654. The van der Waals surface area contributed by atoms with Crippen LogP contribution in [0.1, 0.15) is 47.0 Å². The van der Waals surface area contributed by atoms with Crippen molar-refractivity contribution >= 4 is 8.56 Å². The van der Waals surface area contributed by atoms with Gasteiger partial charge in [0.1, 0.15) is 0 Å². The molecule has 0 bridgehead atoms. The molecule has 1 atom stereocenters. The van der Waals surface area contributed by atoms with Gasteiger partial charge in [-0.25, -0.2) is 0 Å². The summed E-state index contributed by atoms with van der Waals surface area (Å²) in [5, 5.41) is 0. The van der Waals surface area contributed by atoms with Crippen LogP contribution in [0, 0.1) is 5.41 Å². The molecule has 0 amide bonds. The molecule has 5 heteroatoms. The van der Waals surface area contributed by atoms with Gasteiger partial charge in [0.2, 0.25) is 0 Å². The molecule has 1 heterocycles. The van der Waals surface area contributed by atoms with E-state index in [0.29, 0.717) is 5.54 Å². The summed E-state index contributed by atoms with van der Waals surface area (Å²) in [6.07, 6.45) is 3.20. The van der Waals surface area contributed by atoms with E-state index in [1.54, 1.807) is 0 Å². The maximum Gasteiger partial charge on any atom is 0.338 e. The summed E-state index contributed by atoms with van der Waals surface area (Å²) in [7, 11) is -2.23. The fourth-order valence-corrected chi connectivity index (χ4v) is 7.16. The quantitative estimate of drug-likeness (QED) is 0.406. The van der Waals surface area contributed by atoms with E-state index in [9.17, 15) is 0 Å². The fraction of sp³-hybridized carbons (Fsp3) is 1.00. The zero-order valence-electron chi connectivity index (χ0n) is 14.6. The van der Waals surface area contributed by atoms with Crippen molar-refractivity contribution in [1.29, 1.82) is 0 Å². The molecule has 1 aliphatic rings. The lowest BCUT2D eigenvalue weighted by Crippen LogP contribution is -2.57. The van der Waals surface area contributed by atoms with E-state index in [1.165, 1.54) is 0 Å². The van der Waals surface area contributed by atoms with Crippen LogP contribution in [0.3, 0.4) is 0 Å². The van der Waals surface area contributed by atoms with Gasteiger partial charge in [0, 0.05) is 37.4 Å². The van der Waals surface area contributed by atoms with Crippen LogP contribution < -0.4 is 0 Å². The van der Waals surface area contributed by atoms with Gasteiger partial charge in [0.15, 0.2) is 0 Å². The van der Waals surface area contributed by atoms with Gasteiger partial charge in [0.25, 0.3) is 0 Å².